The van der Waals surface area contributed by atoms with Crippen LogP contribution in [0.4, 0.5) is 0 Å². The van der Waals surface area contributed by atoms with E-state index in [9.17, 15) is 4.79 Å². The van der Waals surface area contributed by atoms with E-state index in [1.54, 1.807) is 0 Å². The molecule has 2 aliphatic rings. The molecule has 2 heterocycles. The first-order chi connectivity index (χ1) is 9.63. The van der Waals surface area contributed by atoms with Crippen molar-refractivity contribution in [2.24, 2.45) is 0 Å². The highest BCUT2D eigenvalue weighted by molar-refractivity contribution is 5.97. The molecule has 0 N–H and O–H groups in total. The first kappa shape index (κ1) is 13.8. The summed E-state index contributed by atoms with van der Waals surface area (Å²) in [5.41, 5.74) is 2.05. The number of nitrogens with zero attached hydrogens (tertiary/aromatic N) is 2. The number of benzene rings is 1. The molecule has 0 saturated carbocycles. The van der Waals surface area contributed by atoms with Crippen molar-refractivity contribution in [2.45, 2.75) is 38.3 Å². The smallest absolute Gasteiger partial charge is 0.176 e. The highest BCUT2D eigenvalue weighted by Gasteiger charge is 2.34. The first-order valence-electron chi connectivity index (χ1n) is 7.67. The van der Waals surface area contributed by atoms with Gasteiger partial charge in [0, 0.05) is 30.7 Å². The van der Waals surface area contributed by atoms with Crippen molar-refractivity contribution in [2.75, 3.05) is 26.7 Å². The van der Waals surface area contributed by atoms with Gasteiger partial charge in [0.25, 0.3) is 0 Å². The number of fused-ring (bicyclic) bond motifs is 2. The van der Waals surface area contributed by atoms with Gasteiger partial charge in [-0.3, -0.25) is 14.6 Å². The number of carbonyl (C=O) groups is 1. The fourth-order valence-corrected chi connectivity index (χ4v) is 3.56. The lowest BCUT2D eigenvalue weighted by atomic mass is 10.1. The van der Waals surface area contributed by atoms with Gasteiger partial charge >= 0.3 is 0 Å². The number of aryl methyl sites for hydroxylation is 1. The van der Waals surface area contributed by atoms with Crippen LogP contribution in [0.15, 0.2) is 24.3 Å². The van der Waals surface area contributed by atoms with Crippen molar-refractivity contribution in [1.29, 1.82) is 0 Å². The van der Waals surface area contributed by atoms with Crippen molar-refractivity contribution in [1.82, 2.24) is 9.80 Å². The fourth-order valence-electron chi connectivity index (χ4n) is 3.56. The summed E-state index contributed by atoms with van der Waals surface area (Å²) in [6.07, 6.45) is 3.82. The molecule has 0 aromatic heterocycles. The normalized spacial score (nSPS) is 27.5. The van der Waals surface area contributed by atoms with Crippen LogP contribution >= 0.6 is 0 Å². The third-order valence-corrected chi connectivity index (χ3v) is 4.97. The zero-order chi connectivity index (χ0) is 14.1. The average molecular weight is 272 g/mol. The summed E-state index contributed by atoms with van der Waals surface area (Å²) in [4.78, 5) is 17.2. The molecule has 3 heteroatoms. The number of likely N-dealkylation sites (N-methyl/N-ethyl adjacent to an activating group) is 1. The topological polar surface area (TPSA) is 23.6 Å². The zero-order valence-electron chi connectivity index (χ0n) is 12.5. The van der Waals surface area contributed by atoms with E-state index in [4.69, 9.17) is 0 Å². The Labute approximate surface area is 121 Å². The molecule has 20 heavy (non-hydrogen) atoms. The van der Waals surface area contributed by atoms with Gasteiger partial charge in [0.2, 0.25) is 0 Å². The van der Waals surface area contributed by atoms with Crippen LogP contribution in [0.5, 0.6) is 0 Å². The average Bonchev–Trinajstić information content (AvgIpc) is 2.68. The summed E-state index contributed by atoms with van der Waals surface area (Å²) in [6.45, 7) is 4.73. The predicted molar refractivity (Wildman–Crippen MR) is 81.1 cm³/mol. The van der Waals surface area contributed by atoms with E-state index >= 15 is 0 Å². The molecule has 1 aromatic rings. The van der Waals surface area contributed by atoms with Gasteiger partial charge in [0.05, 0.1) is 6.54 Å². The molecule has 2 saturated heterocycles. The molecule has 108 valence electrons. The van der Waals surface area contributed by atoms with Gasteiger partial charge in [0.1, 0.15) is 0 Å². The van der Waals surface area contributed by atoms with Crippen LogP contribution in [-0.4, -0.2) is 54.3 Å². The minimum atomic E-state index is 0.255. The maximum Gasteiger partial charge on any atom is 0.176 e. The number of rotatable bonds is 3. The number of Topliss-reactive ketones (excluding diaryl/α,β-unsaturated/α-hetero) is 1. The van der Waals surface area contributed by atoms with E-state index in [2.05, 4.69) is 23.8 Å². The quantitative estimate of drug-likeness (QED) is 0.789. The van der Waals surface area contributed by atoms with Crippen LogP contribution in [0, 0.1) is 6.92 Å². The highest BCUT2D eigenvalue weighted by Crippen LogP contribution is 2.28. The molecular weight excluding hydrogens is 248 g/mol. The monoisotopic (exact) mass is 272 g/mol. The van der Waals surface area contributed by atoms with Crippen molar-refractivity contribution >= 4 is 5.78 Å². The first-order valence-corrected chi connectivity index (χ1v) is 7.67. The van der Waals surface area contributed by atoms with Gasteiger partial charge in [0.15, 0.2) is 5.78 Å². The lowest BCUT2D eigenvalue weighted by Gasteiger charge is -2.25. The Morgan fingerprint density at radius 3 is 2.60 bits per heavy atom. The van der Waals surface area contributed by atoms with E-state index < -0.39 is 0 Å². The zero-order valence-corrected chi connectivity index (χ0v) is 12.5. The Hall–Kier alpha value is -1.19. The summed E-state index contributed by atoms with van der Waals surface area (Å²) in [5, 5.41) is 0. The van der Waals surface area contributed by atoms with Crippen molar-refractivity contribution < 1.29 is 4.79 Å². The molecule has 3 rings (SSSR count). The molecule has 2 fully saturated rings. The lowest BCUT2D eigenvalue weighted by molar-refractivity contribution is 0.0923. The Balaban J connectivity index is 1.63. The van der Waals surface area contributed by atoms with E-state index in [1.165, 1.54) is 24.8 Å². The lowest BCUT2D eigenvalue weighted by Crippen LogP contribution is -2.38. The maximum atomic E-state index is 12.4. The van der Waals surface area contributed by atoms with Crippen molar-refractivity contribution in [3.8, 4) is 0 Å². The highest BCUT2D eigenvalue weighted by atomic mass is 16.1. The van der Waals surface area contributed by atoms with E-state index in [-0.39, 0.29) is 5.78 Å². The second-order valence-corrected chi connectivity index (χ2v) is 6.36. The molecule has 0 spiro atoms. The van der Waals surface area contributed by atoms with Crippen LogP contribution in [0.3, 0.4) is 0 Å². The molecule has 3 nitrogen and oxygen atoms in total. The number of likely N-dealkylation sites (tertiary alicyclic amines) is 1. The van der Waals surface area contributed by atoms with E-state index in [0.29, 0.717) is 12.6 Å². The fraction of sp³-hybridized carbons (Fsp3) is 0.588. The Bertz CT molecular complexity index is 482. The van der Waals surface area contributed by atoms with Gasteiger partial charge in [-0.25, -0.2) is 0 Å². The maximum absolute atomic E-state index is 12.4. The standard InChI is InChI=1S/C17H24N2O/c1-13-3-5-14(6-4-13)17(20)12-19-10-9-15-7-8-16(11-19)18(15)2/h3-6,15-16H,7-12H2,1-2H3. The number of carbonyl (C=O) groups excluding carboxylic acids is 1. The summed E-state index contributed by atoms with van der Waals surface area (Å²) in [6, 6.07) is 9.32. The second-order valence-electron chi connectivity index (χ2n) is 6.36. The number of hydrogen-bond donors (Lipinski definition) is 0. The van der Waals surface area contributed by atoms with Crippen molar-refractivity contribution in [3.05, 3.63) is 35.4 Å². The Morgan fingerprint density at radius 1 is 1.15 bits per heavy atom. The summed E-state index contributed by atoms with van der Waals surface area (Å²) in [5.74, 6) is 0.255. The molecule has 2 aliphatic heterocycles. The minimum absolute atomic E-state index is 0.255. The SMILES string of the molecule is Cc1ccc(C(=O)CN2CCC3CCC(C2)N3C)cc1. The largest absolute Gasteiger partial charge is 0.299 e. The van der Waals surface area contributed by atoms with Crippen LogP contribution in [0.1, 0.15) is 35.2 Å². The summed E-state index contributed by atoms with van der Waals surface area (Å²) >= 11 is 0. The van der Waals surface area contributed by atoms with E-state index in [1.807, 2.05) is 24.3 Å². The van der Waals surface area contributed by atoms with Gasteiger partial charge < -0.3 is 0 Å². The van der Waals surface area contributed by atoms with Gasteiger partial charge in [-0.15, -0.1) is 0 Å². The minimum Gasteiger partial charge on any atom is -0.299 e. The second kappa shape index (κ2) is 5.66. The number of hydrogen-bond acceptors (Lipinski definition) is 3. The Kier molecular flexibility index (Phi) is 3.90. The third-order valence-electron chi connectivity index (χ3n) is 4.97. The Morgan fingerprint density at radius 2 is 1.85 bits per heavy atom. The summed E-state index contributed by atoms with van der Waals surface area (Å²) in [7, 11) is 2.24. The molecule has 2 atom stereocenters. The third kappa shape index (κ3) is 2.79. The van der Waals surface area contributed by atoms with E-state index in [0.717, 1.165) is 24.7 Å². The van der Waals surface area contributed by atoms with Crippen LogP contribution in [0.25, 0.3) is 0 Å². The van der Waals surface area contributed by atoms with Crippen LogP contribution in [-0.2, 0) is 0 Å². The van der Waals surface area contributed by atoms with Gasteiger partial charge in [-0.2, -0.15) is 0 Å². The molecule has 0 radical (unpaired) electrons. The molecular formula is C17H24N2O. The molecule has 1 aromatic carbocycles. The predicted octanol–water partition coefficient (Wildman–Crippen LogP) is 2.35. The van der Waals surface area contributed by atoms with Crippen LogP contribution < -0.4 is 0 Å². The molecule has 0 amide bonds. The molecule has 2 bridgehead atoms. The number of ketones is 1. The molecule has 0 aliphatic carbocycles. The van der Waals surface area contributed by atoms with Crippen LogP contribution in [0.2, 0.25) is 0 Å². The van der Waals surface area contributed by atoms with Gasteiger partial charge in [-0.05, 0) is 33.2 Å². The van der Waals surface area contributed by atoms with Gasteiger partial charge in [-0.1, -0.05) is 29.8 Å². The molecule has 2 unspecified atom stereocenters. The summed E-state index contributed by atoms with van der Waals surface area (Å²) < 4.78 is 0. The van der Waals surface area contributed by atoms with Crippen molar-refractivity contribution in [3.63, 3.8) is 0 Å².